The Balaban J connectivity index is 2.15. The summed E-state index contributed by atoms with van der Waals surface area (Å²) in [6.45, 7) is 4.18. The highest BCUT2D eigenvalue weighted by Gasteiger charge is 2.24. The minimum Gasteiger partial charge on any atom is -0.351 e. The van der Waals surface area contributed by atoms with Crippen molar-refractivity contribution >= 4 is 5.82 Å². The van der Waals surface area contributed by atoms with Gasteiger partial charge in [0.1, 0.15) is 0 Å². The second kappa shape index (κ2) is 4.57. The monoisotopic (exact) mass is 206 g/mol. The van der Waals surface area contributed by atoms with E-state index >= 15 is 0 Å². The van der Waals surface area contributed by atoms with Crippen molar-refractivity contribution in [3.63, 3.8) is 0 Å². The topological polar surface area (TPSA) is 41.0 Å². The third-order valence-corrected chi connectivity index (χ3v) is 2.89. The summed E-state index contributed by atoms with van der Waals surface area (Å²) in [5, 5.41) is 11.4. The normalized spacial score (nSPS) is 20.9. The molecule has 1 aromatic rings. The van der Waals surface area contributed by atoms with Gasteiger partial charge in [-0.25, -0.2) is 0 Å². The predicted molar refractivity (Wildman–Crippen MR) is 61.1 cm³/mol. The van der Waals surface area contributed by atoms with E-state index in [1.165, 1.54) is 18.4 Å². The Hall–Kier alpha value is -1.16. The van der Waals surface area contributed by atoms with E-state index in [2.05, 4.69) is 33.4 Å². The molecule has 0 aromatic carbocycles. The summed E-state index contributed by atoms with van der Waals surface area (Å²) in [4.78, 5) is 2.36. The SMILES string of the molecule is CNCC1CCCN1c1cc(C)cnn1. The molecule has 1 unspecified atom stereocenters. The minimum absolute atomic E-state index is 0.575. The van der Waals surface area contributed by atoms with Gasteiger partial charge in [0.25, 0.3) is 0 Å². The maximum Gasteiger partial charge on any atom is 0.151 e. The minimum atomic E-state index is 0.575. The third-order valence-electron chi connectivity index (χ3n) is 2.89. The highest BCUT2D eigenvalue weighted by Crippen LogP contribution is 2.23. The summed E-state index contributed by atoms with van der Waals surface area (Å²) in [7, 11) is 2.00. The molecule has 1 fully saturated rings. The average molecular weight is 206 g/mol. The lowest BCUT2D eigenvalue weighted by molar-refractivity contribution is 0.609. The fraction of sp³-hybridized carbons (Fsp3) is 0.636. The van der Waals surface area contributed by atoms with Gasteiger partial charge in [-0.3, -0.25) is 0 Å². The molecule has 0 bridgehead atoms. The standard InChI is InChI=1S/C11H18N4/c1-9-6-11(14-13-7-9)15-5-3-4-10(15)8-12-2/h6-7,10,12H,3-5,8H2,1-2H3. The van der Waals surface area contributed by atoms with Crippen molar-refractivity contribution in [2.45, 2.75) is 25.8 Å². The average Bonchev–Trinajstić information content (AvgIpc) is 2.66. The van der Waals surface area contributed by atoms with Gasteiger partial charge in [-0.2, -0.15) is 5.10 Å². The van der Waals surface area contributed by atoms with Crippen molar-refractivity contribution in [3.05, 3.63) is 17.8 Å². The van der Waals surface area contributed by atoms with Crippen molar-refractivity contribution in [3.8, 4) is 0 Å². The van der Waals surface area contributed by atoms with Gasteiger partial charge in [0, 0.05) is 19.1 Å². The van der Waals surface area contributed by atoms with Gasteiger partial charge in [-0.05, 0) is 38.4 Å². The van der Waals surface area contributed by atoms with Crippen LogP contribution in [-0.4, -0.2) is 36.4 Å². The summed E-state index contributed by atoms with van der Waals surface area (Å²) in [6, 6.07) is 2.69. The van der Waals surface area contributed by atoms with E-state index in [1.54, 1.807) is 6.20 Å². The Morgan fingerprint density at radius 3 is 3.20 bits per heavy atom. The number of hydrogen-bond acceptors (Lipinski definition) is 4. The van der Waals surface area contributed by atoms with Crippen LogP contribution < -0.4 is 10.2 Å². The molecule has 0 aliphatic carbocycles. The van der Waals surface area contributed by atoms with E-state index in [4.69, 9.17) is 0 Å². The Morgan fingerprint density at radius 1 is 1.60 bits per heavy atom. The van der Waals surface area contributed by atoms with Crippen LogP contribution >= 0.6 is 0 Å². The molecule has 0 radical (unpaired) electrons. The molecule has 82 valence electrons. The van der Waals surface area contributed by atoms with Crippen LogP contribution in [0.25, 0.3) is 0 Å². The zero-order valence-corrected chi connectivity index (χ0v) is 9.40. The van der Waals surface area contributed by atoms with Crippen molar-refractivity contribution < 1.29 is 0 Å². The van der Waals surface area contributed by atoms with Crippen LogP contribution in [0, 0.1) is 6.92 Å². The maximum absolute atomic E-state index is 4.20. The molecule has 1 atom stereocenters. The van der Waals surface area contributed by atoms with Gasteiger partial charge in [0.05, 0.1) is 6.20 Å². The molecular weight excluding hydrogens is 188 g/mol. The van der Waals surface area contributed by atoms with Crippen LogP contribution in [0.4, 0.5) is 5.82 Å². The Bertz CT molecular complexity index is 326. The van der Waals surface area contributed by atoms with Crippen LogP contribution in [0.1, 0.15) is 18.4 Å². The van der Waals surface area contributed by atoms with E-state index in [0.29, 0.717) is 6.04 Å². The lowest BCUT2D eigenvalue weighted by atomic mass is 10.2. The fourth-order valence-electron chi connectivity index (χ4n) is 2.17. The quantitative estimate of drug-likeness (QED) is 0.800. The molecule has 2 rings (SSSR count). The molecule has 2 heterocycles. The van der Waals surface area contributed by atoms with Crippen LogP contribution in [0.2, 0.25) is 0 Å². The molecule has 1 aliphatic rings. The first-order valence-electron chi connectivity index (χ1n) is 5.52. The molecule has 1 aromatic heterocycles. The molecule has 4 nitrogen and oxygen atoms in total. The Morgan fingerprint density at radius 2 is 2.47 bits per heavy atom. The van der Waals surface area contributed by atoms with Gasteiger partial charge in [0.15, 0.2) is 5.82 Å². The predicted octanol–water partition coefficient (Wildman–Crippen LogP) is 0.973. The lowest BCUT2D eigenvalue weighted by Gasteiger charge is -2.25. The molecule has 0 spiro atoms. The molecule has 1 aliphatic heterocycles. The smallest absolute Gasteiger partial charge is 0.151 e. The largest absolute Gasteiger partial charge is 0.351 e. The van der Waals surface area contributed by atoms with Crippen LogP contribution in [0.3, 0.4) is 0 Å². The number of anilines is 1. The van der Waals surface area contributed by atoms with Crippen molar-refractivity contribution in [1.29, 1.82) is 0 Å². The van der Waals surface area contributed by atoms with Crippen molar-refractivity contribution in [2.24, 2.45) is 0 Å². The van der Waals surface area contributed by atoms with Crippen molar-refractivity contribution in [1.82, 2.24) is 15.5 Å². The molecule has 4 heteroatoms. The van der Waals surface area contributed by atoms with Gasteiger partial charge >= 0.3 is 0 Å². The number of likely N-dealkylation sites (N-methyl/N-ethyl adjacent to an activating group) is 1. The van der Waals surface area contributed by atoms with E-state index in [1.807, 2.05) is 7.05 Å². The zero-order valence-electron chi connectivity index (χ0n) is 9.40. The summed E-state index contributed by atoms with van der Waals surface area (Å²) in [6.07, 6.45) is 4.30. The van der Waals surface area contributed by atoms with E-state index < -0.39 is 0 Å². The van der Waals surface area contributed by atoms with Crippen LogP contribution in [0.5, 0.6) is 0 Å². The lowest BCUT2D eigenvalue weighted by Crippen LogP contribution is -2.37. The summed E-state index contributed by atoms with van der Waals surface area (Å²) in [5.41, 5.74) is 1.18. The molecule has 1 N–H and O–H groups in total. The van der Waals surface area contributed by atoms with E-state index in [9.17, 15) is 0 Å². The maximum atomic E-state index is 4.20. The summed E-state index contributed by atoms with van der Waals surface area (Å²) < 4.78 is 0. The molecule has 1 saturated heterocycles. The highest BCUT2D eigenvalue weighted by atomic mass is 15.3. The van der Waals surface area contributed by atoms with Crippen molar-refractivity contribution in [2.75, 3.05) is 25.0 Å². The second-order valence-electron chi connectivity index (χ2n) is 4.14. The van der Waals surface area contributed by atoms with E-state index in [-0.39, 0.29) is 0 Å². The Labute approximate surface area is 90.7 Å². The van der Waals surface area contributed by atoms with E-state index in [0.717, 1.165) is 18.9 Å². The first kappa shape index (κ1) is 10.4. The number of nitrogens with zero attached hydrogens (tertiary/aromatic N) is 3. The fourth-order valence-corrected chi connectivity index (χ4v) is 2.17. The molecule has 0 saturated carbocycles. The zero-order chi connectivity index (χ0) is 10.7. The Kier molecular flexibility index (Phi) is 3.16. The number of aromatic nitrogens is 2. The third kappa shape index (κ3) is 2.26. The van der Waals surface area contributed by atoms with Gasteiger partial charge < -0.3 is 10.2 Å². The first-order valence-corrected chi connectivity index (χ1v) is 5.52. The number of nitrogens with one attached hydrogen (secondary N) is 1. The summed E-state index contributed by atoms with van der Waals surface area (Å²) in [5.74, 6) is 1.02. The van der Waals surface area contributed by atoms with Crippen LogP contribution in [0.15, 0.2) is 12.3 Å². The first-order chi connectivity index (χ1) is 7.31. The highest BCUT2D eigenvalue weighted by molar-refractivity contribution is 5.41. The van der Waals surface area contributed by atoms with Gasteiger partial charge in [-0.15, -0.1) is 5.10 Å². The molecule has 0 amide bonds. The summed E-state index contributed by atoms with van der Waals surface area (Å²) >= 11 is 0. The van der Waals surface area contributed by atoms with Gasteiger partial charge in [0.2, 0.25) is 0 Å². The number of hydrogen-bond donors (Lipinski definition) is 1. The van der Waals surface area contributed by atoms with Gasteiger partial charge in [-0.1, -0.05) is 0 Å². The second-order valence-corrected chi connectivity index (χ2v) is 4.14. The molecular formula is C11H18N4. The number of aryl methyl sites for hydroxylation is 1. The van der Waals surface area contributed by atoms with Crippen LogP contribution in [-0.2, 0) is 0 Å². The molecule has 15 heavy (non-hydrogen) atoms. The number of rotatable bonds is 3.